The first-order chi connectivity index (χ1) is 14.5. The van der Waals surface area contributed by atoms with Crippen LogP contribution in [0.3, 0.4) is 0 Å². The Kier molecular flexibility index (Phi) is 7.04. The molecule has 1 N–H and O–H groups in total. The molecule has 0 spiro atoms. The largest absolute Gasteiger partial charge is 0.444 e. The first kappa shape index (κ1) is 23.3. The normalized spacial score (nSPS) is 19.1. The van der Waals surface area contributed by atoms with E-state index in [1.165, 1.54) is 12.1 Å². The smallest absolute Gasteiger partial charge is 0.410 e. The number of nitrogens with one attached hydrogen (secondary N) is 1. The van der Waals surface area contributed by atoms with E-state index in [1.807, 2.05) is 39.8 Å². The van der Waals surface area contributed by atoms with Crippen molar-refractivity contribution in [2.75, 3.05) is 13.1 Å². The van der Waals surface area contributed by atoms with Gasteiger partial charge in [-0.15, -0.1) is 0 Å². The van der Waals surface area contributed by atoms with Gasteiger partial charge in [0.2, 0.25) is 0 Å². The number of nitrogens with zero attached hydrogens (tertiary/aromatic N) is 1. The van der Waals surface area contributed by atoms with Gasteiger partial charge in [-0.25, -0.2) is 9.18 Å². The molecule has 1 saturated heterocycles. The number of likely N-dealkylation sites (tertiary alicyclic amines) is 1. The first-order valence-electron chi connectivity index (χ1n) is 10.3. The molecule has 1 fully saturated rings. The molecular weight excluding hydrogens is 463 g/mol. The molecule has 2 aromatic carbocycles. The monoisotopic (exact) mass is 490 g/mol. The van der Waals surface area contributed by atoms with Gasteiger partial charge in [-0.3, -0.25) is 4.79 Å². The zero-order chi connectivity index (χ0) is 22.8. The van der Waals surface area contributed by atoms with E-state index < -0.39 is 5.60 Å². The molecule has 3 rings (SSSR count). The fourth-order valence-electron chi connectivity index (χ4n) is 3.84. The number of hydrogen-bond donors (Lipinski definition) is 1. The quantitative estimate of drug-likeness (QED) is 0.624. The highest BCUT2D eigenvalue weighted by molar-refractivity contribution is 9.10. The number of hydrogen-bond acceptors (Lipinski definition) is 3. The molecule has 0 radical (unpaired) electrons. The van der Waals surface area contributed by atoms with Gasteiger partial charge in [0.1, 0.15) is 11.4 Å². The molecule has 2 aromatic rings. The topological polar surface area (TPSA) is 58.6 Å². The highest BCUT2D eigenvalue weighted by Gasteiger charge is 2.36. The minimum atomic E-state index is -0.592. The Bertz CT molecular complexity index is 956. The second kappa shape index (κ2) is 9.39. The Morgan fingerprint density at radius 2 is 1.84 bits per heavy atom. The molecule has 0 aliphatic carbocycles. The van der Waals surface area contributed by atoms with Gasteiger partial charge in [0.25, 0.3) is 5.91 Å². The summed E-state index contributed by atoms with van der Waals surface area (Å²) in [4.78, 5) is 27.2. The fraction of sp³-hybridized carbons (Fsp3) is 0.417. The molecular formula is C24H28BrFN2O3. The van der Waals surface area contributed by atoms with Crippen molar-refractivity contribution in [2.24, 2.45) is 0 Å². The standard InChI is InChI=1S/C24H28BrFN2O3/c1-15-13-18(26)9-10-19(15)20-14-28(23(30)31-24(2,3)4)12-11-21(20)27-22(29)16-5-7-17(25)8-6-16/h5-10,13,20-21H,11-12,14H2,1-4H3,(H,27,29)/t20?,21-/m1/s1. The van der Waals surface area contributed by atoms with Gasteiger partial charge in [0, 0.05) is 35.1 Å². The van der Waals surface area contributed by atoms with E-state index in [0.29, 0.717) is 25.1 Å². The Morgan fingerprint density at radius 3 is 2.45 bits per heavy atom. The van der Waals surface area contributed by atoms with E-state index in [4.69, 9.17) is 4.74 Å². The average molecular weight is 491 g/mol. The van der Waals surface area contributed by atoms with Crippen LogP contribution in [0.5, 0.6) is 0 Å². The molecule has 166 valence electrons. The van der Waals surface area contributed by atoms with Gasteiger partial charge < -0.3 is 15.0 Å². The molecule has 1 aliphatic heterocycles. The molecule has 1 unspecified atom stereocenters. The molecule has 2 atom stereocenters. The number of carbonyl (C=O) groups is 2. The predicted octanol–water partition coefficient (Wildman–Crippen LogP) is 5.42. The Morgan fingerprint density at radius 1 is 1.16 bits per heavy atom. The van der Waals surface area contributed by atoms with Crippen LogP contribution in [0.2, 0.25) is 0 Å². The third kappa shape index (κ3) is 6.06. The summed E-state index contributed by atoms with van der Waals surface area (Å²) in [6, 6.07) is 11.6. The lowest BCUT2D eigenvalue weighted by molar-refractivity contribution is 0.0176. The Balaban J connectivity index is 1.84. The molecule has 5 nitrogen and oxygen atoms in total. The van der Waals surface area contributed by atoms with E-state index in [0.717, 1.165) is 15.6 Å². The molecule has 0 saturated carbocycles. The number of ether oxygens (including phenoxy) is 1. The van der Waals surface area contributed by atoms with Crippen molar-refractivity contribution in [3.8, 4) is 0 Å². The Labute approximate surface area is 191 Å². The summed E-state index contributed by atoms with van der Waals surface area (Å²) in [5, 5.41) is 3.13. The summed E-state index contributed by atoms with van der Waals surface area (Å²) in [7, 11) is 0. The first-order valence-corrected chi connectivity index (χ1v) is 11.1. The van der Waals surface area contributed by atoms with Crippen LogP contribution in [-0.4, -0.2) is 41.6 Å². The number of rotatable bonds is 3. The molecule has 0 bridgehead atoms. The maximum atomic E-state index is 13.7. The average Bonchev–Trinajstić information content (AvgIpc) is 2.67. The van der Waals surface area contributed by atoms with E-state index in [9.17, 15) is 14.0 Å². The van der Waals surface area contributed by atoms with Crippen molar-refractivity contribution in [2.45, 2.75) is 51.7 Å². The molecule has 31 heavy (non-hydrogen) atoms. The minimum absolute atomic E-state index is 0.173. The minimum Gasteiger partial charge on any atom is -0.444 e. The van der Waals surface area contributed by atoms with Gasteiger partial charge in [-0.1, -0.05) is 22.0 Å². The third-order valence-corrected chi connectivity index (χ3v) is 5.85. The van der Waals surface area contributed by atoms with Crippen LogP contribution in [0.15, 0.2) is 46.9 Å². The number of carbonyl (C=O) groups excluding carboxylic acids is 2. The van der Waals surface area contributed by atoms with Crippen molar-refractivity contribution in [1.82, 2.24) is 10.2 Å². The molecule has 7 heteroatoms. The summed E-state index contributed by atoms with van der Waals surface area (Å²) in [6.45, 7) is 8.19. The summed E-state index contributed by atoms with van der Waals surface area (Å²) >= 11 is 3.38. The lowest BCUT2D eigenvalue weighted by Crippen LogP contribution is -2.52. The second-order valence-corrected chi connectivity index (χ2v) is 9.82. The van der Waals surface area contributed by atoms with Crippen molar-refractivity contribution >= 4 is 27.9 Å². The number of amides is 2. The van der Waals surface area contributed by atoms with Crippen LogP contribution in [0.25, 0.3) is 0 Å². The van der Waals surface area contributed by atoms with E-state index in [2.05, 4.69) is 21.2 Å². The summed E-state index contributed by atoms with van der Waals surface area (Å²) < 4.78 is 20.1. The van der Waals surface area contributed by atoms with Gasteiger partial charge >= 0.3 is 6.09 Å². The van der Waals surface area contributed by atoms with Crippen molar-refractivity contribution in [3.05, 3.63) is 69.4 Å². The SMILES string of the molecule is Cc1cc(F)ccc1C1CN(C(=O)OC(C)(C)C)CC[C@H]1NC(=O)c1ccc(Br)cc1. The van der Waals surface area contributed by atoms with E-state index in [-0.39, 0.29) is 29.8 Å². The molecule has 0 aromatic heterocycles. The van der Waals surface area contributed by atoms with Crippen molar-refractivity contribution in [3.63, 3.8) is 0 Å². The highest BCUT2D eigenvalue weighted by Crippen LogP contribution is 2.31. The highest BCUT2D eigenvalue weighted by atomic mass is 79.9. The van der Waals surface area contributed by atoms with Crippen LogP contribution in [-0.2, 0) is 4.74 Å². The second-order valence-electron chi connectivity index (χ2n) is 8.91. The lowest BCUT2D eigenvalue weighted by atomic mass is 9.83. The number of benzene rings is 2. The summed E-state index contributed by atoms with van der Waals surface area (Å²) in [5.41, 5.74) is 1.67. The number of aryl methyl sites for hydroxylation is 1. The summed E-state index contributed by atoms with van der Waals surface area (Å²) in [6.07, 6.45) is 0.193. The molecule has 1 heterocycles. The molecule has 1 aliphatic rings. The predicted molar refractivity (Wildman–Crippen MR) is 122 cm³/mol. The zero-order valence-corrected chi connectivity index (χ0v) is 19.8. The van der Waals surface area contributed by atoms with Gasteiger partial charge in [-0.2, -0.15) is 0 Å². The van der Waals surface area contributed by atoms with Crippen LogP contribution >= 0.6 is 15.9 Å². The van der Waals surface area contributed by atoms with Gasteiger partial charge in [0.15, 0.2) is 0 Å². The van der Waals surface area contributed by atoms with Crippen molar-refractivity contribution in [1.29, 1.82) is 0 Å². The van der Waals surface area contributed by atoms with Crippen LogP contribution in [0.1, 0.15) is 54.6 Å². The lowest BCUT2D eigenvalue weighted by Gasteiger charge is -2.40. The fourth-order valence-corrected chi connectivity index (χ4v) is 4.10. The maximum absolute atomic E-state index is 13.7. The van der Waals surface area contributed by atoms with E-state index in [1.54, 1.807) is 23.1 Å². The van der Waals surface area contributed by atoms with Crippen LogP contribution in [0, 0.1) is 12.7 Å². The number of piperidine rings is 1. The Hall–Kier alpha value is -2.41. The zero-order valence-electron chi connectivity index (χ0n) is 18.2. The van der Waals surface area contributed by atoms with Crippen LogP contribution in [0.4, 0.5) is 9.18 Å². The summed E-state index contributed by atoms with van der Waals surface area (Å²) in [5.74, 6) is -0.661. The number of halogens is 2. The van der Waals surface area contributed by atoms with Crippen molar-refractivity contribution < 1.29 is 18.7 Å². The van der Waals surface area contributed by atoms with Gasteiger partial charge in [-0.05, 0) is 81.6 Å². The van der Waals surface area contributed by atoms with Gasteiger partial charge in [0.05, 0.1) is 0 Å². The molecule has 2 amide bonds. The maximum Gasteiger partial charge on any atom is 0.410 e. The van der Waals surface area contributed by atoms with Crippen LogP contribution < -0.4 is 5.32 Å². The third-order valence-electron chi connectivity index (χ3n) is 5.32. The van der Waals surface area contributed by atoms with E-state index >= 15 is 0 Å².